The van der Waals surface area contributed by atoms with Crippen molar-refractivity contribution in [2.75, 3.05) is 18.8 Å². The Morgan fingerprint density at radius 1 is 1.28 bits per heavy atom. The van der Waals surface area contributed by atoms with Gasteiger partial charge < -0.3 is 16.4 Å². The van der Waals surface area contributed by atoms with Gasteiger partial charge in [0.15, 0.2) is 0 Å². The number of nitrogens with one attached hydrogen (secondary N) is 2. The van der Waals surface area contributed by atoms with E-state index in [0.717, 1.165) is 12.0 Å². The van der Waals surface area contributed by atoms with Gasteiger partial charge in [0.2, 0.25) is 5.91 Å². The highest BCUT2D eigenvalue weighted by molar-refractivity contribution is 5.96. The van der Waals surface area contributed by atoms with E-state index in [1.165, 1.54) is 0 Å². The molecule has 18 heavy (non-hydrogen) atoms. The summed E-state index contributed by atoms with van der Waals surface area (Å²) in [7, 11) is 0. The van der Waals surface area contributed by atoms with Crippen LogP contribution in [0.5, 0.6) is 0 Å². The maximum Gasteiger partial charge on any atom is 0.251 e. The summed E-state index contributed by atoms with van der Waals surface area (Å²) < 4.78 is 0. The molecule has 0 aliphatic rings. The molecule has 0 radical (unpaired) electrons. The summed E-state index contributed by atoms with van der Waals surface area (Å²) in [4.78, 5) is 23.1. The van der Waals surface area contributed by atoms with Crippen LogP contribution in [0.25, 0.3) is 0 Å². The average Bonchev–Trinajstić information content (AvgIpc) is 2.36. The number of amides is 2. The summed E-state index contributed by atoms with van der Waals surface area (Å²) in [5, 5.41) is 5.25. The molecular weight excluding hydrogens is 230 g/mol. The third-order valence-electron chi connectivity index (χ3n) is 2.51. The van der Waals surface area contributed by atoms with Gasteiger partial charge >= 0.3 is 0 Å². The molecule has 0 bridgehead atoms. The minimum atomic E-state index is -0.273. The highest BCUT2D eigenvalue weighted by atomic mass is 16.2. The predicted octanol–water partition coefficient (Wildman–Crippen LogP) is 0.833. The van der Waals surface area contributed by atoms with Crippen LogP contribution in [0.2, 0.25) is 0 Å². The third kappa shape index (κ3) is 4.08. The number of rotatable bonds is 5. The summed E-state index contributed by atoms with van der Waals surface area (Å²) >= 11 is 0. The second-order valence-electron chi connectivity index (χ2n) is 4.10. The largest absolute Gasteiger partial charge is 0.399 e. The van der Waals surface area contributed by atoms with E-state index in [1.54, 1.807) is 18.2 Å². The molecule has 1 aromatic carbocycles. The topological polar surface area (TPSA) is 84.2 Å². The number of nitrogen functional groups attached to an aromatic ring is 1. The van der Waals surface area contributed by atoms with E-state index in [-0.39, 0.29) is 18.4 Å². The number of carbonyl (C=O) groups excluding carboxylic acids is 2. The number of benzene rings is 1. The zero-order valence-electron chi connectivity index (χ0n) is 10.7. The molecule has 4 N–H and O–H groups in total. The first-order chi connectivity index (χ1) is 8.54. The summed E-state index contributed by atoms with van der Waals surface area (Å²) in [6.45, 7) is 4.41. The predicted molar refractivity (Wildman–Crippen MR) is 71.2 cm³/mol. The summed E-state index contributed by atoms with van der Waals surface area (Å²) in [5.41, 5.74) is 7.67. The van der Waals surface area contributed by atoms with E-state index >= 15 is 0 Å². The van der Waals surface area contributed by atoms with Crippen LogP contribution < -0.4 is 16.4 Å². The van der Waals surface area contributed by atoms with Gasteiger partial charge in [-0.1, -0.05) is 6.92 Å². The van der Waals surface area contributed by atoms with Crippen molar-refractivity contribution in [2.24, 2.45) is 0 Å². The Kier molecular flexibility index (Phi) is 5.17. The molecule has 0 aromatic heterocycles. The second-order valence-corrected chi connectivity index (χ2v) is 4.10. The highest BCUT2D eigenvalue weighted by Gasteiger charge is 2.08. The van der Waals surface area contributed by atoms with Gasteiger partial charge in [0.25, 0.3) is 5.91 Å². The molecule has 0 fully saturated rings. The number of aryl methyl sites for hydroxylation is 1. The molecule has 0 atom stereocenters. The monoisotopic (exact) mass is 249 g/mol. The van der Waals surface area contributed by atoms with Crippen LogP contribution >= 0.6 is 0 Å². The molecule has 5 heteroatoms. The highest BCUT2D eigenvalue weighted by Crippen LogP contribution is 2.12. The fourth-order valence-electron chi connectivity index (χ4n) is 1.41. The Hall–Kier alpha value is -2.04. The zero-order valence-corrected chi connectivity index (χ0v) is 10.7. The van der Waals surface area contributed by atoms with E-state index in [2.05, 4.69) is 10.6 Å². The Balaban J connectivity index is 2.50. The van der Waals surface area contributed by atoms with Gasteiger partial charge in [-0.05, 0) is 37.1 Å². The maximum absolute atomic E-state index is 11.8. The summed E-state index contributed by atoms with van der Waals surface area (Å²) in [6.07, 6.45) is 0.872. The molecule has 0 saturated heterocycles. The maximum atomic E-state index is 11.8. The third-order valence-corrected chi connectivity index (χ3v) is 2.51. The molecule has 0 aliphatic heterocycles. The average molecular weight is 249 g/mol. The van der Waals surface area contributed by atoms with E-state index in [0.29, 0.717) is 17.8 Å². The number of anilines is 1. The van der Waals surface area contributed by atoms with E-state index in [4.69, 9.17) is 5.73 Å². The Bertz CT molecular complexity index is 444. The molecule has 98 valence electrons. The number of carbonyl (C=O) groups is 2. The normalized spacial score (nSPS) is 9.89. The number of nitrogens with two attached hydrogens (primary N) is 1. The lowest BCUT2D eigenvalue weighted by Gasteiger charge is -2.07. The second kappa shape index (κ2) is 6.64. The van der Waals surface area contributed by atoms with Crippen molar-refractivity contribution in [3.8, 4) is 0 Å². The number of hydrogen-bond acceptors (Lipinski definition) is 3. The minimum absolute atomic E-state index is 0.0116. The van der Waals surface area contributed by atoms with Crippen LogP contribution in [-0.2, 0) is 4.79 Å². The van der Waals surface area contributed by atoms with Crippen molar-refractivity contribution in [2.45, 2.75) is 20.3 Å². The van der Waals surface area contributed by atoms with E-state index in [9.17, 15) is 9.59 Å². The first-order valence-corrected chi connectivity index (χ1v) is 5.95. The van der Waals surface area contributed by atoms with Crippen molar-refractivity contribution in [3.63, 3.8) is 0 Å². The SMILES string of the molecule is CCCNC(=O)CNC(=O)c1ccc(N)c(C)c1. The van der Waals surface area contributed by atoms with Crippen LogP contribution in [0.1, 0.15) is 29.3 Å². The molecule has 0 spiro atoms. The molecule has 5 nitrogen and oxygen atoms in total. The molecular formula is C13H19N3O2. The standard InChI is InChI=1S/C13H19N3O2/c1-3-6-15-12(17)8-16-13(18)10-4-5-11(14)9(2)7-10/h4-5,7H,3,6,8,14H2,1-2H3,(H,15,17)(H,16,18). The van der Waals surface area contributed by atoms with Crippen molar-refractivity contribution in [1.82, 2.24) is 10.6 Å². The quantitative estimate of drug-likeness (QED) is 0.676. The van der Waals surface area contributed by atoms with Gasteiger partial charge in [0.05, 0.1) is 6.54 Å². The Morgan fingerprint density at radius 3 is 2.61 bits per heavy atom. The van der Waals surface area contributed by atoms with Gasteiger partial charge in [-0.25, -0.2) is 0 Å². The van der Waals surface area contributed by atoms with Crippen molar-refractivity contribution in [1.29, 1.82) is 0 Å². The molecule has 0 unspecified atom stereocenters. The smallest absolute Gasteiger partial charge is 0.251 e. The molecule has 1 aromatic rings. The lowest BCUT2D eigenvalue weighted by Crippen LogP contribution is -2.37. The molecule has 0 aliphatic carbocycles. The molecule has 0 heterocycles. The van der Waals surface area contributed by atoms with Crippen LogP contribution in [0, 0.1) is 6.92 Å². The summed E-state index contributed by atoms with van der Waals surface area (Å²) in [5.74, 6) is -0.456. The van der Waals surface area contributed by atoms with Gasteiger partial charge in [-0.3, -0.25) is 9.59 Å². The van der Waals surface area contributed by atoms with Gasteiger partial charge in [-0.15, -0.1) is 0 Å². The van der Waals surface area contributed by atoms with Crippen LogP contribution in [0.4, 0.5) is 5.69 Å². The van der Waals surface area contributed by atoms with Gasteiger partial charge in [0.1, 0.15) is 0 Å². The Morgan fingerprint density at radius 2 is 2.00 bits per heavy atom. The van der Waals surface area contributed by atoms with Crippen LogP contribution in [0.15, 0.2) is 18.2 Å². The molecule has 1 rings (SSSR count). The lowest BCUT2D eigenvalue weighted by atomic mass is 10.1. The van der Waals surface area contributed by atoms with Crippen molar-refractivity contribution in [3.05, 3.63) is 29.3 Å². The van der Waals surface area contributed by atoms with Crippen LogP contribution in [-0.4, -0.2) is 24.9 Å². The van der Waals surface area contributed by atoms with Gasteiger partial charge in [0, 0.05) is 17.8 Å². The first kappa shape index (κ1) is 14.0. The van der Waals surface area contributed by atoms with Gasteiger partial charge in [-0.2, -0.15) is 0 Å². The van der Waals surface area contributed by atoms with E-state index < -0.39 is 0 Å². The molecule has 2 amide bonds. The summed E-state index contributed by atoms with van der Waals surface area (Å²) in [6, 6.07) is 5.03. The van der Waals surface area contributed by atoms with Crippen molar-refractivity contribution < 1.29 is 9.59 Å². The number of hydrogen-bond donors (Lipinski definition) is 3. The molecule has 0 saturated carbocycles. The fraction of sp³-hybridized carbons (Fsp3) is 0.385. The first-order valence-electron chi connectivity index (χ1n) is 5.95. The van der Waals surface area contributed by atoms with E-state index in [1.807, 2.05) is 13.8 Å². The zero-order chi connectivity index (χ0) is 13.5. The van der Waals surface area contributed by atoms with Crippen LogP contribution in [0.3, 0.4) is 0 Å². The fourth-order valence-corrected chi connectivity index (χ4v) is 1.41. The van der Waals surface area contributed by atoms with Crippen molar-refractivity contribution >= 4 is 17.5 Å². The minimum Gasteiger partial charge on any atom is -0.399 e. The Labute approximate surface area is 107 Å². The lowest BCUT2D eigenvalue weighted by molar-refractivity contribution is -0.120.